The average Bonchev–Trinajstić information content (AvgIpc) is 2.43. The van der Waals surface area contributed by atoms with Gasteiger partial charge in [-0.3, -0.25) is 4.98 Å². The van der Waals surface area contributed by atoms with E-state index in [0.29, 0.717) is 5.75 Å². The van der Waals surface area contributed by atoms with Crippen LogP contribution in [0, 0.1) is 17.5 Å². The second-order valence-electron chi connectivity index (χ2n) is 3.86. The molecule has 0 amide bonds. The van der Waals surface area contributed by atoms with E-state index in [-0.39, 0.29) is 11.1 Å². The van der Waals surface area contributed by atoms with Crippen molar-refractivity contribution in [2.75, 3.05) is 7.11 Å². The zero-order valence-corrected chi connectivity index (χ0v) is 9.90. The van der Waals surface area contributed by atoms with Crippen LogP contribution in [0.15, 0.2) is 30.6 Å². The van der Waals surface area contributed by atoms with Crippen LogP contribution < -0.4 is 4.74 Å². The number of aromatic nitrogens is 1. The summed E-state index contributed by atoms with van der Waals surface area (Å²) in [5.41, 5.74) is 0.177. The van der Waals surface area contributed by atoms with Gasteiger partial charge in [-0.25, -0.2) is 13.2 Å². The van der Waals surface area contributed by atoms with Crippen LogP contribution in [0.2, 0.25) is 0 Å². The molecule has 0 bridgehead atoms. The highest BCUT2D eigenvalue weighted by Gasteiger charge is 2.17. The maximum atomic E-state index is 13.1. The van der Waals surface area contributed by atoms with E-state index in [2.05, 4.69) is 4.98 Å². The fraction of sp³-hybridized carbons (Fsp3) is 0.154. The number of halogens is 3. The first kappa shape index (κ1) is 13.4. The lowest BCUT2D eigenvalue weighted by Gasteiger charge is -2.12. The molecule has 0 radical (unpaired) electrons. The molecule has 1 aromatic heterocycles. The Morgan fingerprint density at radius 1 is 1.05 bits per heavy atom. The summed E-state index contributed by atoms with van der Waals surface area (Å²) >= 11 is 0. The fourth-order valence-electron chi connectivity index (χ4n) is 1.62. The van der Waals surface area contributed by atoms with Crippen molar-refractivity contribution in [1.29, 1.82) is 0 Å². The lowest BCUT2D eigenvalue weighted by molar-refractivity contribution is 0.217. The molecule has 1 aromatic carbocycles. The van der Waals surface area contributed by atoms with Gasteiger partial charge < -0.3 is 9.84 Å². The summed E-state index contributed by atoms with van der Waals surface area (Å²) in [5.74, 6) is -3.89. The van der Waals surface area contributed by atoms with Crippen LogP contribution in [0.3, 0.4) is 0 Å². The largest absolute Gasteiger partial charge is 0.495 e. The van der Waals surface area contributed by atoms with E-state index < -0.39 is 23.6 Å². The minimum Gasteiger partial charge on any atom is -0.495 e. The van der Waals surface area contributed by atoms with Crippen LogP contribution in [0.1, 0.15) is 17.2 Å². The quantitative estimate of drug-likeness (QED) is 0.871. The van der Waals surface area contributed by atoms with Gasteiger partial charge in [-0.15, -0.1) is 0 Å². The minimum atomic E-state index is -1.57. The normalized spacial score (nSPS) is 12.3. The molecule has 100 valence electrons. The first-order chi connectivity index (χ1) is 9.02. The molecule has 2 rings (SSSR count). The van der Waals surface area contributed by atoms with E-state index in [0.717, 1.165) is 12.1 Å². The summed E-state index contributed by atoms with van der Waals surface area (Å²) in [5, 5.41) is 10.0. The molecular formula is C13H10F3NO2. The number of aliphatic hydroxyl groups is 1. The predicted octanol–water partition coefficient (Wildman–Crippen LogP) is 2.59. The average molecular weight is 269 g/mol. The van der Waals surface area contributed by atoms with E-state index >= 15 is 0 Å². The summed E-state index contributed by atoms with van der Waals surface area (Å²) in [6.45, 7) is 0. The summed E-state index contributed by atoms with van der Waals surface area (Å²) in [6.07, 6.45) is 1.42. The Morgan fingerprint density at radius 2 is 1.68 bits per heavy atom. The molecule has 0 aliphatic heterocycles. The standard InChI is InChI=1S/C13H10F3NO2/c1-19-9-2-8(5-17-6-9)13(18)7-3-10(14)12(16)11(15)4-7/h2-6,13,18H,1H3. The number of methoxy groups -OCH3 is 1. The van der Waals surface area contributed by atoms with Crippen LogP contribution in [-0.2, 0) is 0 Å². The lowest BCUT2D eigenvalue weighted by Crippen LogP contribution is -2.04. The highest BCUT2D eigenvalue weighted by Crippen LogP contribution is 2.26. The van der Waals surface area contributed by atoms with E-state index in [1.165, 1.54) is 25.6 Å². The topological polar surface area (TPSA) is 42.4 Å². The molecule has 0 saturated heterocycles. The molecule has 1 unspecified atom stereocenters. The number of pyridine rings is 1. The smallest absolute Gasteiger partial charge is 0.194 e. The van der Waals surface area contributed by atoms with Crippen molar-refractivity contribution < 1.29 is 23.0 Å². The van der Waals surface area contributed by atoms with Crippen molar-refractivity contribution in [2.45, 2.75) is 6.10 Å². The van der Waals surface area contributed by atoms with Gasteiger partial charge in [0.05, 0.1) is 13.3 Å². The third kappa shape index (κ3) is 2.68. The van der Waals surface area contributed by atoms with E-state index in [4.69, 9.17) is 4.74 Å². The highest BCUT2D eigenvalue weighted by atomic mass is 19.2. The molecule has 0 aliphatic carbocycles. The molecule has 3 nitrogen and oxygen atoms in total. The maximum Gasteiger partial charge on any atom is 0.194 e. The first-order valence-electron chi connectivity index (χ1n) is 5.34. The molecule has 0 fully saturated rings. The van der Waals surface area contributed by atoms with Crippen molar-refractivity contribution in [3.8, 4) is 5.75 Å². The number of hydrogen-bond donors (Lipinski definition) is 1. The molecule has 1 heterocycles. The molecule has 19 heavy (non-hydrogen) atoms. The number of hydrogen-bond acceptors (Lipinski definition) is 3. The Balaban J connectivity index is 2.40. The molecule has 1 N–H and O–H groups in total. The van der Waals surface area contributed by atoms with Crippen molar-refractivity contribution in [3.63, 3.8) is 0 Å². The fourth-order valence-corrected chi connectivity index (χ4v) is 1.62. The summed E-state index contributed by atoms with van der Waals surface area (Å²) in [4.78, 5) is 3.82. The van der Waals surface area contributed by atoms with Gasteiger partial charge >= 0.3 is 0 Å². The predicted molar refractivity (Wildman–Crippen MR) is 61.2 cm³/mol. The molecule has 0 saturated carbocycles. The van der Waals surface area contributed by atoms with Gasteiger partial charge in [-0.05, 0) is 23.8 Å². The van der Waals surface area contributed by atoms with Crippen LogP contribution >= 0.6 is 0 Å². The Kier molecular flexibility index (Phi) is 3.71. The number of aliphatic hydroxyl groups excluding tert-OH is 1. The highest BCUT2D eigenvalue weighted by molar-refractivity contribution is 5.33. The van der Waals surface area contributed by atoms with E-state index in [9.17, 15) is 18.3 Å². The Bertz CT molecular complexity index is 581. The molecule has 0 spiro atoms. The Labute approximate surface area is 107 Å². The van der Waals surface area contributed by atoms with Crippen molar-refractivity contribution in [1.82, 2.24) is 4.98 Å². The zero-order chi connectivity index (χ0) is 14.0. The van der Waals surface area contributed by atoms with Gasteiger partial charge in [0.2, 0.25) is 0 Å². The molecule has 1 atom stereocenters. The van der Waals surface area contributed by atoms with Gasteiger partial charge in [0.25, 0.3) is 0 Å². The minimum absolute atomic E-state index is 0.105. The summed E-state index contributed by atoms with van der Waals surface area (Å²) < 4.78 is 43.9. The molecular weight excluding hydrogens is 259 g/mol. The Morgan fingerprint density at radius 3 is 2.26 bits per heavy atom. The van der Waals surface area contributed by atoms with Gasteiger partial charge in [-0.1, -0.05) is 0 Å². The van der Waals surface area contributed by atoms with Crippen molar-refractivity contribution in [3.05, 3.63) is 59.2 Å². The van der Waals surface area contributed by atoms with Crippen LogP contribution in [0.4, 0.5) is 13.2 Å². The molecule has 2 aromatic rings. The van der Waals surface area contributed by atoms with Crippen molar-refractivity contribution in [2.24, 2.45) is 0 Å². The van der Waals surface area contributed by atoms with Gasteiger partial charge in [0.15, 0.2) is 17.5 Å². The number of ether oxygens (including phenoxy) is 1. The van der Waals surface area contributed by atoms with E-state index in [1.54, 1.807) is 0 Å². The monoisotopic (exact) mass is 269 g/mol. The molecule has 0 aliphatic rings. The third-order valence-corrected chi connectivity index (χ3v) is 2.61. The van der Waals surface area contributed by atoms with Crippen molar-refractivity contribution >= 4 is 0 Å². The van der Waals surface area contributed by atoms with Gasteiger partial charge in [-0.2, -0.15) is 0 Å². The number of rotatable bonds is 3. The number of nitrogens with zero attached hydrogens (tertiary/aromatic N) is 1. The second kappa shape index (κ2) is 5.27. The first-order valence-corrected chi connectivity index (χ1v) is 5.34. The van der Waals surface area contributed by atoms with Gasteiger partial charge in [0.1, 0.15) is 11.9 Å². The number of benzene rings is 1. The van der Waals surface area contributed by atoms with Crippen LogP contribution in [-0.4, -0.2) is 17.2 Å². The van der Waals surface area contributed by atoms with Crippen LogP contribution in [0.25, 0.3) is 0 Å². The summed E-state index contributed by atoms with van der Waals surface area (Å²) in [7, 11) is 1.42. The van der Waals surface area contributed by atoms with E-state index in [1.807, 2.05) is 0 Å². The van der Waals surface area contributed by atoms with Crippen LogP contribution in [0.5, 0.6) is 5.75 Å². The lowest BCUT2D eigenvalue weighted by atomic mass is 10.0. The van der Waals surface area contributed by atoms with Gasteiger partial charge in [0, 0.05) is 11.8 Å². The summed E-state index contributed by atoms with van der Waals surface area (Å²) in [6, 6.07) is 2.95. The SMILES string of the molecule is COc1cncc(C(O)c2cc(F)c(F)c(F)c2)c1. The molecule has 6 heteroatoms. The Hall–Kier alpha value is -2.08. The third-order valence-electron chi connectivity index (χ3n) is 2.61. The second-order valence-corrected chi connectivity index (χ2v) is 3.86. The maximum absolute atomic E-state index is 13.1. The zero-order valence-electron chi connectivity index (χ0n) is 9.90.